The van der Waals surface area contributed by atoms with Gasteiger partial charge in [0.2, 0.25) is 29.5 Å². The van der Waals surface area contributed by atoms with E-state index in [9.17, 15) is 24.0 Å². The first kappa shape index (κ1) is 37.1. The molecule has 0 bridgehead atoms. The average molecular weight is 618 g/mol. The van der Waals surface area contributed by atoms with E-state index in [4.69, 9.17) is 28.7 Å². The SMILES string of the molecule is CC(=O)N[C@@H](CCCN=C(N)N)C(=O)NC(C)(C)C(=O)N[C@@H](CCCN=C(N)N)C(=O)N[C@@](C)(Cc1ccccc1)C(N)=O. The van der Waals surface area contributed by atoms with Crippen molar-refractivity contribution in [2.75, 3.05) is 13.1 Å². The smallest absolute Gasteiger partial charge is 0.245 e. The van der Waals surface area contributed by atoms with Gasteiger partial charge in [0, 0.05) is 26.4 Å². The van der Waals surface area contributed by atoms with Crippen molar-refractivity contribution in [3.05, 3.63) is 35.9 Å². The van der Waals surface area contributed by atoms with Gasteiger partial charge < -0.3 is 49.9 Å². The normalized spacial score (nSPS) is 13.6. The Morgan fingerprint density at radius 1 is 0.750 bits per heavy atom. The van der Waals surface area contributed by atoms with E-state index in [2.05, 4.69) is 31.3 Å². The number of nitrogens with two attached hydrogens (primary N) is 5. The second-order valence-corrected chi connectivity index (χ2v) is 11.1. The first-order valence-corrected chi connectivity index (χ1v) is 14.1. The zero-order chi connectivity index (χ0) is 33.5. The number of hydrogen-bond acceptors (Lipinski definition) is 7. The summed E-state index contributed by atoms with van der Waals surface area (Å²) in [5, 5.41) is 10.5. The molecule has 0 spiro atoms. The molecule has 0 aliphatic heterocycles. The number of benzene rings is 1. The Morgan fingerprint density at radius 2 is 1.23 bits per heavy atom. The van der Waals surface area contributed by atoms with Gasteiger partial charge in [0.1, 0.15) is 23.2 Å². The first-order chi connectivity index (χ1) is 20.5. The molecule has 0 aliphatic carbocycles. The van der Waals surface area contributed by atoms with Gasteiger partial charge in [0.15, 0.2) is 11.9 Å². The largest absolute Gasteiger partial charge is 0.370 e. The second kappa shape index (κ2) is 17.3. The lowest BCUT2D eigenvalue weighted by atomic mass is 9.91. The van der Waals surface area contributed by atoms with Crippen LogP contribution in [0, 0.1) is 0 Å². The molecule has 44 heavy (non-hydrogen) atoms. The highest BCUT2D eigenvalue weighted by molar-refractivity contribution is 5.97. The molecule has 16 heteroatoms. The summed E-state index contributed by atoms with van der Waals surface area (Å²) in [4.78, 5) is 72.0. The highest BCUT2D eigenvalue weighted by Crippen LogP contribution is 2.15. The van der Waals surface area contributed by atoms with Gasteiger partial charge in [-0.1, -0.05) is 30.3 Å². The lowest BCUT2D eigenvalue weighted by Gasteiger charge is -2.32. The summed E-state index contributed by atoms with van der Waals surface area (Å²) in [6, 6.07) is 6.88. The number of carbonyl (C=O) groups is 5. The molecule has 14 N–H and O–H groups in total. The fourth-order valence-electron chi connectivity index (χ4n) is 4.14. The van der Waals surface area contributed by atoms with E-state index in [-0.39, 0.29) is 44.3 Å². The van der Waals surface area contributed by atoms with E-state index in [1.165, 1.54) is 27.7 Å². The molecular weight excluding hydrogens is 570 g/mol. The fraction of sp³-hybridized carbons (Fsp3) is 0.536. The molecule has 244 valence electrons. The van der Waals surface area contributed by atoms with Gasteiger partial charge in [-0.15, -0.1) is 0 Å². The minimum absolute atomic E-state index is 0.0951. The monoisotopic (exact) mass is 617 g/mol. The zero-order valence-corrected chi connectivity index (χ0v) is 25.8. The van der Waals surface area contributed by atoms with E-state index in [0.29, 0.717) is 12.8 Å². The number of guanidine groups is 2. The van der Waals surface area contributed by atoms with Crippen molar-refractivity contribution in [2.24, 2.45) is 38.7 Å². The van der Waals surface area contributed by atoms with Crippen LogP contribution in [0.5, 0.6) is 0 Å². The maximum absolute atomic E-state index is 13.5. The van der Waals surface area contributed by atoms with Crippen LogP contribution in [0.4, 0.5) is 0 Å². The average Bonchev–Trinajstić information content (AvgIpc) is 2.91. The molecule has 0 fully saturated rings. The van der Waals surface area contributed by atoms with Gasteiger partial charge >= 0.3 is 0 Å². The predicted molar refractivity (Wildman–Crippen MR) is 167 cm³/mol. The topological polar surface area (TPSA) is 288 Å². The summed E-state index contributed by atoms with van der Waals surface area (Å²) in [5.41, 5.74) is 24.9. The van der Waals surface area contributed by atoms with Crippen LogP contribution in [0.3, 0.4) is 0 Å². The summed E-state index contributed by atoms with van der Waals surface area (Å²) in [6.45, 7) is 6.07. The Kier molecular flexibility index (Phi) is 14.6. The Balaban J connectivity index is 3.12. The summed E-state index contributed by atoms with van der Waals surface area (Å²) >= 11 is 0. The lowest BCUT2D eigenvalue weighted by molar-refractivity contribution is -0.137. The van der Waals surface area contributed by atoms with Crippen molar-refractivity contribution in [3.63, 3.8) is 0 Å². The Bertz CT molecular complexity index is 1210. The minimum atomic E-state index is -1.52. The van der Waals surface area contributed by atoms with Crippen molar-refractivity contribution in [1.29, 1.82) is 0 Å². The third kappa shape index (κ3) is 13.4. The molecule has 0 unspecified atom stereocenters. The van der Waals surface area contributed by atoms with Crippen LogP contribution >= 0.6 is 0 Å². The van der Waals surface area contributed by atoms with Crippen molar-refractivity contribution in [2.45, 2.75) is 83.0 Å². The molecular formula is C28H47N11O5. The fourth-order valence-corrected chi connectivity index (χ4v) is 4.14. The van der Waals surface area contributed by atoms with Crippen LogP contribution in [0.1, 0.15) is 58.9 Å². The molecule has 5 amide bonds. The minimum Gasteiger partial charge on any atom is -0.370 e. The summed E-state index contributed by atoms with van der Waals surface area (Å²) in [6.07, 6.45) is 1.08. The molecule has 3 atom stereocenters. The molecule has 0 radical (unpaired) electrons. The zero-order valence-electron chi connectivity index (χ0n) is 25.8. The summed E-state index contributed by atoms with van der Waals surface area (Å²) in [7, 11) is 0. The number of carbonyl (C=O) groups excluding carboxylic acids is 5. The summed E-state index contributed by atoms with van der Waals surface area (Å²) in [5.74, 6) is -3.43. The molecule has 0 saturated carbocycles. The first-order valence-electron chi connectivity index (χ1n) is 14.1. The maximum Gasteiger partial charge on any atom is 0.245 e. The molecule has 0 aromatic heterocycles. The molecule has 1 aromatic rings. The van der Waals surface area contributed by atoms with Crippen molar-refractivity contribution in [1.82, 2.24) is 21.3 Å². The number of amides is 5. The molecule has 1 rings (SSSR count). The number of nitrogens with one attached hydrogen (secondary N) is 4. The number of nitrogens with zero attached hydrogens (tertiary/aromatic N) is 2. The number of hydrogen-bond donors (Lipinski definition) is 9. The van der Waals surface area contributed by atoms with Crippen molar-refractivity contribution >= 4 is 41.5 Å². The van der Waals surface area contributed by atoms with Crippen LogP contribution in [0.25, 0.3) is 0 Å². The van der Waals surface area contributed by atoms with Gasteiger partial charge in [-0.2, -0.15) is 0 Å². The highest BCUT2D eigenvalue weighted by atomic mass is 16.2. The molecule has 16 nitrogen and oxygen atoms in total. The summed E-state index contributed by atoms with van der Waals surface area (Å²) < 4.78 is 0. The molecule has 0 saturated heterocycles. The number of primary amides is 1. The van der Waals surface area contributed by atoms with Crippen LogP contribution in [-0.2, 0) is 30.4 Å². The predicted octanol–water partition coefficient (Wildman–Crippen LogP) is -2.42. The van der Waals surface area contributed by atoms with E-state index in [0.717, 1.165) is 5.56 Å². The van der Waals surface area contributed by atoms with Gasteiger partial charge in [0.05, 0.1) is 0 Å². The highest BCUT2D eigenvalue weighted by Gasteiger charge is 2.38. The molecule has 0 heterocycles. The third-order valence-corrected chi connectivity index (χ3v) is 6.55. The maximum atomic E-state index is 13.5. The Morgan fingerprint density at radius 3 is 1.68 bits per heavy atom. The van der Waals surface area contributed by atoms with Gasteiger partial charge in [-0.05, 0) is 52.0 Å². The number of rotatable bonds is 18. The van der Waals surface area contributed by atoms with Crippen LogP contribution in [0.2, 0.25) is 0 Å². The quantitative estimate of drug-likeness (QED) is 0.0480. The Hall–Kier alpha value is -4.89. The van der Waals surface area contributed by atoms with E-state index in [1.54, 1.807) is 24.3 Å². The lowest BCUT2D eigenvalue weighted by Crippen LogP contribution is -2.64. The van der Waals surface area contributed by atoms with Crippen LogP contribution < -0.4 is 49.9 Å². The van der Waals surface area contributed by atoms with Crippen molar-refractivity contribution in [3.8, 4) is 0 Å². The van der Waals surface area contributed by atoms with Crippen LogP contribution in [-0.4, -0.2) is 77.7 Å². The van der Waals surface area contributed by atoms with E-state index >= 15 is 0 Å². The van der Waals surface area contributed by atoms with E-state index < -0.39 is 52.7 Å². The Labute approximate surface area is 257 Å². The standard InChI is InChI=1S/C28H47N11O5/c1-17(40)36-19(12-8-14-34-25(30)31)21(41)38-27(2,3)24(44)37-20(13-9-15-35-26(32)33)22(42)39-28(4,23(29)43)16-18-10-6-5-7-11-18/h5-7,10-11,19-20H,8-9,12-16H2,1-4H3,(H2,29,43)(H,36,40)(H,37,44)(H,38,41)(H,39,42)(H4,30,31,34)(H4,32,33,35)/t19-,20-,28-/m0/s1. The molecule has 0 aliphatic rings. The van der Waals surface area contributed by atoms with Gasteiger partial charge in [0.25, 0.3) is 0 Å². The second-order valence-electron chi connectivity index (χ2n) is 11.1. The van der Waals surface area contributed by atoms with Crippen LogP contribution in [0.15, 0.2) is 40.3 Å². The molecule has 1 aromatic carbocycles. The number of aliphatic imine (C=N–C) groups is 2. The third-order valence-electron chi connectivity index (χ3n) is 6.55. The van der Waals surface area contributed by atoms with Gasteiger partial charge in [-0.3, -0.25) is 34.0 Å². The van der Waals surface area contributed by atoms with E-state index in [1.807, 2.05) is 6.07 Å². The van der Waals surface area contributed by atoms with Crippen molar-refractivity contribution < 1.29 is 24.0 Å². The van der Waals surface area contributed by atoms with Gasteiger partial charge in [-0.25, -0.2) is 0 Å².